The summed E-state index contributed by atoms with van der Waals surface area (Å²) >= 11 is 15.4. The van der Waals surface area contributed by atoms with Gasteiger partial charge in [-0.3, -0.25) is 0 Å². The summed E-state index contributed by atoms with van der Waals surface area (Å²) in [5.41, 5.74) is 0.222. The first kappa shape index (κ1) is 23.2. The van der Waals surface area contributed by atoms with Gasteiger partial charge in [0.2, 0.25) is 5.89 Å². The Morgan fingerprint density at radius 3 is 2.57 bits per heavy atom. The van der Waals surface area contributed by atoms with Crippen LogP contribution < -0.4 is 5.32 Å². The van der Waals surface area contributed by atoms with E-state index in [9.17, 15) is 4.79 Å². The minimum absolute atomic E-state index is 0.340. The summed E-state index contributed by atoms with van der Waals surface area (Å²) in [4.78, 5) is 12.1. The maximum absolute atomic E-state index is 12.1. The third kappa shape index (κ3) is 7.39. The van der Waals surface area contributed by atoms with Crippen molar-refractivity contribution in [3.63, 3.8) is 0 Å². The lowest BCUT2D eigenvalue weighted by Gasteiger charge is -2.22. The van der Waals surface area contributed by atoms with Crippen LogP contribution in [0.3, 0.4) is 0 Å². The quantitative estimate of drug-likeness (QED) is 0.481. The second-order valence-electron chi connectivity index (χ2n) is 6.88. The standard InChI is InChI=1S/C18H23Cl2N3O3S2/c1-18(2,3)26-16(24)21-14(8-9-27-4)15-22-23-17(25-15)28-10-11-12(19)6-5-7-13(11)20/h5-7,14H,8-10H2,1-4H3,(H,21,24). The Morgan fingerprint density at radius 2 is 1.96 bits per heavy atom. The zero-order valence-electron chi connectivity index (χ0n) is 16.1. The van der Waals surface area contributed by atoms with Crippen molar-refractivity contribution in [2.75, 3.05) is 12.0 Å². The van der Waals surface area contributed by atoms with Gasteiger partial charge in [0, 0.05) is 15.8 Å². The van der Waals surface area contributed by atoms with E-state index >= 15 is 0 Å². The maximum Gasteiger partial charge on any atom is 0.408 e. The molecule has 1 atom stereocenters. The van der Waals surface area contributed by atoms with E-state index in [1.54, 1.807) is 30.0 Å². The van der Waals surface area contributed by atoms with Crippen LogP contribution in [0.15, 0.2) is 27.8 Å². The fraction of sp³-hybridized carbons (Fsp3) is 0.500. The van der Waals surface area contributed by atoms with Crippen molar-refractivity contribution in [2.45, 2.75) is 49.8 Å². The number of aromatic nitrogens is 2. The second-order valence-corrected chi connectivity index (χ2v) is 9.60. The van der Waals surface area contributed by atoms with E-state index < -0.39 is 17.7 Å². The fourth-order valence-electron chi connectivity index (χ4n) is 2.17. The van der Waals surface area contributed by atoms with E-state index in [1.807, 2.05) is 27.0 Å². The summed E-state index contributed by atoms with van der Waals surface area (Å²) in [6.45, 7) is 5.43. The molecule has 0 bridgehead atoms. The van der Waals surface area contributed by atoms with Gasteiger partial charge in [-0.05, 0) is 56.9 Å². The molecule has 1 unspecified atom stereocenters. The number of alkyl carbamates (subject to hydrolysis) is 1. The van der Waals surface area contributed by atoms with Crippen LogP contribution in [0.5, 0.6) is 0 Å². The minimum Gasteiger partial charge on any atom is -0.444 e. The van der Waals surface area contributed by atoms with Crippen LogP contribution in [0.25, 0.3) is 0 Å². The molecule has 1 amide bonds. The van der Waals surface area contributed by atoms with E-state index in [0.29, 0.717) is 33.3 Å². The molecule has 0 aliphatic carbocycles. The normalized spacial score (nSPS) is 12.6. The largest absolute Gasteiger partial charge is 0.444 e. The molecule has 1 aromatic carbocycles. The summed E-state index contributed by atoms with van der Waals surface area (Å²) < 4.78 is 11.1. The van der Waals surface area contributed by atoms with Crippen molar-refractivity contribution in [1.29, 1.82) is 0 Å². The van der Waals surface area contributed by atoms with Crippen molar-refractivity contribution in [3.8, 4) is 0 Å². The molecule has 6 nitrogen and oxygen atoms in total. The summed E-state index contributed by atoms with van der Waals surface area (Å²) in [7, 11) is 0. The van der Waals surface area contributed by atoms with Crippen molar-refractivity contribution in [3.05, 3.63) is 39.7 Å². The molecule has 28 heavy (non-hydrogen) atoms. The summed E-state index contributed by atoms with van der Waals surface area (Å²) in [5, 5.41) is 12.5. The minimum atomic E-state index is -0.585. The van der Waals surface area contributed by atoms with E-state index in [4.69, 9.17) is 32.4 Å². The molecule has 0 saturated heterocycles. The van der Waals surface area contributed by atoms with Crippen LogP contribution in [-0.4, -0.2) is 33.9 Å². The van der Waals surface area contributed by atoms with Gasteiger partial charge in [0.05, 0.1) is 0 Å². The van der Waals surface area contributed by atoms with Gasteiger partial charge in [0.1, 0.15) is 11.6 Å². The van der Waals surface area contributed by atoms with Crippen molar-refractivity contribution in [2.24, 2.45) is 0 Å². The zero-order valence-corrected chi connectivity index (χ0v) is 19.3. The Kier molecular flexibility index (Phi) is 8.80. The van der Waals surface area contributed by atoms with Gasteiger partial charge in [-0.1, -0.05) is 41.0 Å². The molecule has 2 rings (SSSR count). The molecule has 1 heterocycles. The summed E-state index contributed by atoms with van der Waals surface area (Å²) in [6.07, 6.45) is 2.12. The van der Waals surface area contributed by atoms with Crippen LogP contribution >= 0.6 is 46.7 Å². The lowest BCUT2D eigenvalue weighted by Crippen LogP contribution is -2.35. The first-order valence-corrected chi connectivity index (χ1v) is 11.7. The van der Waals surface area contributed by atoms with Gasteiger partial charge >= 0.3 is 6.09 Å². The number of thioether (sulfide) groups is 2. The summed E-state index contributed by atoms with van der Waals surface area (Å²) in [6, 6.07) is 4.94. The lowest BCUT2D eigenvalue weighted by atomic mass is 10.2. The fourth-order valence-corrected chi connectivity index (χ4v) is 4.15. The van der Waals surface area contributed by atoms with Gasteiger partial charge < -0.3 is 14.5 Å². The molecule has 0 radical (unpaired) electrons. The number of nitrogens with one attached hydrogen (secondary N) is 1. The Balaban J connectivity index is 2.05. The average molecular weight is 464 g/mol. The third-order valence-electron chi connectivity index (χ3n) is 3.42. The van der Waals surface area contributed by atoms with E-state index in [2.05, 4.69) is 15.5 Å². The highest BCUT2D eigenvalue weighted by Gasteiger charge is 2.24. The number of hydrogen-bond acceptors (Lipinski definition) is 7. The Hall–Kier alpha value is -1.09. The predicted molar refractivity (Wildman–Crippen MR) is 115 cm³/mol. The highest BCUT2D eigenvalue weighted by Crippen LogP contribution is 2.31. The smallest absolute Gasteiger partial charge is 0.408 e. The molecular weight excluding hydrogens is 441 g/mol. The molecule has 1 N–H and O–H groups in total. The van der Waals surface area contributed by atoms with Crippen LogP contribution in [0.4, 0.5) is 4.79 Å². The van der Waals surface area contributed by atoms with E-state index in [0.717, 1.165) is 11.3 Å². The number of benzene rings is 1. The lowest BCUT2D eigenvalue weighted by molar-refractivity contribution is 0.0493. The average Bonchev–Trinajstić information content (AvgIpc) is 3.05. The molecule has 154 valence electrons. The van der Waals surface area contributed by atoms with Crippen LogP contribution in [-0.2, 0) is 10.5 Å². The third-order valence-corrected chi connectivity index (χ3v) is 5.62. The number of halogens is 2. The van der Waals surface area contributed by atoms with Gasteiger partial charge in [0.15, 0.2) is 0 Å². The first-order valence-electron chi connectivity index (χ1n) is 8.57. The van der Waals surface area contributed by atoms with Crippen molar-refractivity contribution >= 4 is 52.8 Å². The van der Waals surface area contributed by atoms with Crippen molar-refractivity contribution in [1.82, 2.24) is 15.5 Å². The Morgan fingerprint density at radius 1 is 1.29 bits per heavy atom. The van der Waals surface area contributed by atoms with Gasteiger partial charge in [-0.2, -0.15) is 11.8 Å². The zero-order chi connectivity index (χ0) is 20.7. The van der Waals surface area contributed by atoms with Gasteiger partial charge in [-0.25, -0.2) is 4.79 Å². The highest BCUT2D eigenvalue weighted by atomic mass is 35.5. The van der Waals surface area contributed by atoms with Crippen LogP contribution in [0.1, 0.15) is 44.7 Å². The van der Waals surface area contributed by atoms with Crippen molar-refractivity contribution < 1.29 is 13.9 Å². The number of hydrogen-bond donors (Lipinski definition) is 1. The van der Waals surface area contributed by atoms with Gasteiger partial charge in [0.25, 0.3) is 5.22 Å². The van der Waals surface area contributed by atoms with Crippen LogP contribution in [0, 0.1) is 0 Å². The molecule has 0 spiro atoms. The Labute approximate surface area is 183 Å². The molecule has 2 aromatic rings. The molecule has 0 aliphatic rings. The number of carbonyl (C=O) groups excluding carboxylic acids is 1. The number of carbonyl (C=O) groups is 1. The second kappa shape index (κ2) is 10.6. The number of amides is 1. The molecule has 0 fully saturated rings. The maximum atomic E-state index is 12.1. The van der Waals surface area contributed by atoms with E-state index in [-0.39, 0.29) is 0 Å². The highest BCUT2D eigenvalue weighted by molar-refractivity contribution is 7.98. The number of ether oxygens (including phenoxy) is 1. The monoisotopic (exact) mass is 463 g/mol. The SMILES string of the molecule is CSCCC(NC(=O)OC(C)(C)C)c1nnc(SCc2c(Cl)cccc2Cl)o1. The summed E-state index contributed by atoms with van der Waals surface area (Å²) in [5.74, 6) is 1.66. The van der Waals surface area contributed by atoms with Crippen LogP contribution in [0.2, 0.25) is 10.0 Å². The molecule has 0 aliphatic heterocycles. The molecule has 10 heteroatoms. The molecule has 0 saturated carbocycles. The first-order chi connectivity index (χ1) is 13.2. The molecular formula is C18H23Cl2N3O3S2. The predicted octanol–water partition coefficient (Wildman–Crippen LogP) is 5.99. The Bertz CT molecular complexity index is 776. The topological polar surface area (TPSA) is 77.2 Å². The number of rotatable bonds is 8. The number of nitrogens with zero attached hydrogens (tertiary/aromatic N) is 2. The van der Waals surface area contributed by atoms with E-state index in [1.165, 1.54) is 11.8 Å². The van der Waals surface area contributed by atoms with Gasteiger partial charge in [-0.15, -0.1) is 10.2 Å². The molecule has 1 aromatic heterocycles.